The van der Waals surface area contributed by atoms with E-state index in [2.05, 4.69) is 41.9 Å². The highest BCUT2D eigenvalue weighted by molar-refractivity contribution is 7.09. The summed E-state index contributed by atoms with van der Waals surface area (Å²) in [5, 5.41) is 0. The van der Waals surface area contributed by atoms with Gasteiger partial charge in [0, 0.05) is 17.0 Å². The molecule has 0 atom stereocenters. The third kappa shape index (κ3) is 2.72. The molecule has 1 N–H and O–H groups in total. The third-order valence-corrected chi connectivity index (χ3v) is 4.81. The van der Waals surface area contributed by atoms with E-state index in [1.807, 2.05) is 0 Å². The zero-order valence-electron chi connectivity index (χ0n) is 12.0. The van der Waals surface area contributed by atoms with Gasteiger partial charge in [0.15, 0.2) is 0 Å². The molecule has 1 aliphatic rings. The van der Waals surface area contributed by atoms with Crippen LogP contribution in [0.5, 0.6) is 0 Å². The lowest BCUT2D eigenvalue weighted by Gasteiger charge is -2.15. The molecule has 3 nitrogen and oxygen atoms in total. The number of nitrogens with one attached hydrogen (secondary N) is 1. The van der Waals surface area contributed by atoms with Gasteiger partial charge in [0.25, 0.3) is 0 Å². The molecule has 20 heavy (non-hydrogen) atoms. The van der Waals surface area contributed by atoms with Crippen LogP contribution in [0.1, 0.15) is 28.8 Å². The second kappa shape index (κ2) is 5.54. The van der Waals surface area contributed by atoms with Gasteiger partial charge < -0.3 is 4.98 Å². The minimum absolute atomic E-state index is 0.0502. The molecule has 1 saturated heterocycles. The minimum Gasteiger partial charge on any atom is -0.312 e. The number of hydrogen-bond acceptors (Lipinski definition) is 3. The van der Waals surface area contributed by atoms with Gasteiger partial charge in [-0.2, -0.15) is 0 Å². The normalized spacial score (nSPS) is 15.9. The van der Waals surface area contributed by atoms with Crippen molar-refractivity contribution in [3.8, 4) is 11.3 Å². The van der Waals surface area contributed by atoms with E-state index in [1.54, 1.807) is 0 Å². The first-order chi connectivity index (χ1) is 9.63. The van der Waals surface area contributed by atoms with Crippen molar-refractivity contribution in [3.05, 3.63) is 43.9 Å². The molecule has 3 rings (SSSR count). The van der Waals surface area contributed by atoms with Crippen LogP contribution >= 0.6 is 11.3 Å². The lowest BCUT2D eigenvalue weighted by Crippen LogP contribution is -2.18. The average Bonchev–Trinajstić information content (AvgIpc) is 3.00. The Bertz CT molecular complexity index is 665. The Morgan fingerprint density at radius 2 is 2.00 bits per heavy atom. The van der Waals surface area contributed by atoms with Gasteiger partial charge in [0.1, 0.15) is 0 Å². The molecular formula is C16H20N2OS. The van der Waals surface area contributed by atoms with Gasteiger partial charge in [0.2, 0.25) is 0 Å². The predicted octanol–water partition coefficient (Wildman–Crippen LogP) is 3.32. The zero-order valence-corrected chi connectivity index (χ0v) is 12.8. The summed E-state index contributed by atoms with van der Waals surface area (Å²) in [6.45, 7) is 7.40. The second-order valence-corrected chi connectivity index (χ2v) is 6.68. The number of rotatable bonds is 3. The molecule has 0 spiro atoms. The van der Waals surface area contributed by atoms with Crippen LogP contribution in [0.15, 0.2) is 23.0 Å². The van der Waals surface area contributed by atoms with Crippen LogP contribution < -0.4 is 4.87 Å². The number of H-pyrrole nitrogens is 1. The predicted molar refractivity (Wildman–Crippen MR) is 84.4 cm³/mol. The molecule has 0 aliphatic carbocycles. The molecule has 1 aliphatic heterocycles. The Labute approximate surface area is 123 Å². The van der Waals surface area contributed by atoms with Crippen molar-refractivity contribution in [1.82, 2.24) is 9.88 Å². The van der Waals surface area contributed by atoms with E-state index >= 15 is 0 Å². The highest BCUT2D eigenvalue weighted by atomic mass is 32.1. The lowest BCUT2D eigenvalue weighted by atomic mass is 10.0. The summed E-state index contributed by atoms with van der Waals surface area (Å²) < 4.78 is 0. The maximum Gasteiger partial charge on any atom is 0.305 e. The standard InChI is InChI=1S/C16H20N2OS/c1-11-5-6-13(12(2)9-11)15-14(20-16(19)17-15)10-18-7-3-4-8-18/h5-6,9H,3-4,7-8,10H2,1-2H3,(H,17,19). The van der Waals surface area contributed by atoms with Gasteiger partial charge in [-0.1, -0.05) is 35.1 Å². The van der Waals surface area contributed by atoms with Gasteiger partial charge in [-0.05, 0) is 45.3 Å². The number of hydrogen-bond donors (Lipinski definition) is 1. The van der Waals surface area contributed by atoms with Crippen LogP contribution in [0.2, 0.25) is 0 Å². The fraction of sp³-hybridized carbons (Fsp3) is 0.438. The van der Waals surface area contributed by atoms with Crippen molar-refractivity contribution in [2.45, 2.75) is 33.2 Å². The smallest absolute Gasteiger partial charge is 0.305 e. The van der Waals surface area contributed by atoms with E-state index in [0.29, 0.717) is 0 Å². The number of aromatic nitrogens is 1. The van der Waals surface area contributed by atoms with E-state index in [0.717, 1.165) is 30.9 Å². The summed E-state index contributed by atoms with van der Waals surface area (Å²) in [6.07, 6.45) is 2.55. The third-order valence-electron chi connectivity index (χ3n) is 3.94. The Hall–Kier alpha value is -1.39. The van der Waals surface area contributed by atoms with Crippen molar-refractivity contribution in [2.75, 3.05) is 13.1 Å². The molecule has 0 bridgehead atoms. The highest BCUT2D eigenvalue weighted by Crippen LogP contribution is 2.28. The fourth-order valence-electron chi connectivity index (χ4n) is 2.93. The molecule has 1 aromatic carbocycles. The second-order valence-electron chi connectivity index (χ2n) is 5.61. The molecule has 2 heterocycles. The van der Waals surface area contributed by atoms with E-state index in [1.165, 1.54) is 40.2 Å². The Morgan fingerprint density at radius 1 is 1.25 bits per heavy atom. The number of nitrogens with zero attached hydrogens (tertiary/aromatic N) is 1. The van der Waals surface area contributed by atoms with E-state index in [-0.39, 0.29) is 4.87 Å². The Balaban J connectivity index is 1.98. The van der Waals surface area contributed by atoms with Crippen molar-refractivity contribution < 1.29 is 0 Å². The fourth-order valence-corrected chi connectivity index (χ4v) is 3.81. The minimum atomic E-state index is 0.0502. The number of aromatic amines is 1. The van der Waals surface area contributed by atoms with Crippen molar-refractivity contribution in [3.63, 3.8) is 0 Å². The molecule has 0 radical (unpaired) electrons. The SMILES string of the molecule is Cc1ccc(-c2[nH]c(=O)sc2CN2CCCC2)c(C)c1. The Kier molecular flexibility index (Phi) is 3.76. The summed E-state index contributed by atoms with van der Waals surface area (Å²) in [5.41, 5.74) is 4.65. The first kappa shape index (κ1) is 13.6. The van der Waals surface area contributed by atoms with Crippen LogP contribution in [-0.2, 0) is 6.54 Å². The molecule has 4 heteroatoms. The van der Waals surface area contributed by atoms with Crippen LogP contribution in [0, 0.1) is 13.8 Å². The molecule has 106 valence electrons. The van der Waals surface area contributed by atoms with Gasteiger partial charge in [-0.15, -0.1) is 0 Å². The van der Waals surface area contributed by atoms with Gasteiger partial charge in [-0.3, -0.25) is 9.69 Å². The number of likely N-dealkylation sites (tertiary alicyclic amines) is 1. The summed E-state index contributed by atoms with van der Waals surface area (Å²) in [6, 6.07) is 6.40. The largest absolute Gasteiger partial charge is 0.312 e. The summed E-state index contributed by atoms with van der Waals surface area (Å²) in [7, 11) is 0. The van der Waals surface area contributed by atoms with Gasteiger partial charge in [0.05, 0.1) is 5.69 Å². The first-order valence-electron chi connectivity index (χ1n) is 7.15. The molecule has 0 amide bonds. The molecule has 2 aromatic rings. The van der Waals surface area contributed by atoms with Gasteiger partial charge >= 0.3 is 4.87 Å². The zero-order chi connectivity index (χ0) is 14.1. The van der Waals surface area contributed by atoms with Crippen LogP contribution in [0.25, 0.3) is 11.3 Å². The first-order valence-corrected chi connectivity index (χ1v) is 7.97. The lowest BCUT2D eigenvalue weighted by molar-refractivity contribution is 0.334. The summed E-state index contributed by atoms with van der Waals surface area (Å²) in [5.74, 6) is 0. The highest BCUT2D eigenvalue weighted by Gasteiger charge is 2.17. The molecule has 0 saturated carbocycles. The maximum absolute atomic E-state index is 11.8. The summed E-state index contributed by atoms with van der Waals surface area (Å²) >= 11 is 1.36. The van der Waals surface area contributed by atoms with Crippen molar-refractivity contribution in [2.24, 2.45) is 0 Å². The van der Waals surface area contributed by atoms with Crippen molar-refractivity contribution in [1.29, 1.82) is 0 Å². The number of benzene rings is 1. The molecule has 1 fully saturated rings. The summed E-state index contributed by atoms with van der Waals surface area (Å²) in [4.78, 5) is 18.5. The molecular weight excluding hydrogens is 268 g/mol. The van der Waals surface area contributed by atoms with Crippen LogP contribution in [0.3, 0.4) is 0 Å². The van der Waals surface area contributed by atoms with Crippen LogP contribution in [-0.4, -0.2) is 23.0 Å². The quantitative estimate of drug-likeness (QED) is 0.940. The van der Waals surface area contributed by atoms with Crippen LogP contribution in [0.4, 0.5) is 0 Å². The average molecular weight is 288 g/mol. The topological polar surface area (TPSA) is 36.1 Å². The van der Waals surface area contributed by atoms with Gasteiger partial charge in [-0.25, -0.2) is 0 Å². The number of aryl methyl sites for hydroxylation is 2. The number of thiazole rings is 1. The van der Waals surface area contributed by atoms with E-state index < -0.39 is 0 Å². The van der Waals surface area contributed by atoms with E-state index in [4.69, 9.17) is 0 Å². The monoisotopic (exact) mass is 288 g/mol. The molecule has 1 aromatic heterocycles. The van der Waals surface area contributed by atoms with E-state index in [9.17, 15) is 4.79 Å². The van der Waals surface area contributed by atoms with Crippen molar-refractivity contribution >= 4 is 11.3 Å². The Morgan fingerprint density at radius 3 is 2.70 bits per heavy atom. The molecule has 0 unspecified atom stereocenters. The maximum atomic E-state index is 11.8.